The monoisotopic (exact) mass is 847 g/mol. The van der Waals surface area contributed by atoms with Crippen LogP contribution in [0.1, 0.15) is 39.8 Å². The van der Waals surface area contributed by atoms with Crippen LogP contribution in [0.3, 0.4) is 0 Å². The maximum absolute atomic E-state index is 12.5. The lowest BCUT2D eigenvalue weighted by molar-refractivity contribution is -0.347. The summed E-state index contributed by atoms with van der Waals surface area (Å²) in [5, 5.41) is 25.6. The predicted octanol–water partition coefficient (Wildman–Crippen LogP) is -3.88. The van der Waals surface area contributed by atoms with Crippen molar-refractivity contribution in [2.45, 2.75) is 64.3 Å². The number of anilines is 1. The van der Waals surface area contributed by atoms with Gasteiger partial charge in [-0.2, -0.15) is 0 Å². The van der Waals surface area contributed by atoms with Gasteiger partial charge in [-0.15, -0.1) is 0 Å². The van der Waals surface area contributed by atoms with Crippen LogP contribution in [0.2, 0.25) is 0 Å². The van der Waals surface area contributed by atoms with Crippen LogP contribution in [0, 0.1) is 5.41 Å². The Morgan fingerprint density at radius 2 is 1.74 bits per heavy atom. The van der Waals surface area contributed by atoms with E-state index >= 15 is 0 Å². The van der Waals surface area contributed by atoms with Gasteiger partial charge in [0.2, 0.25) is 11.8 Å². The molecule has 0 saturated carbocycles. The Balaban J connectivity index is 1.51. The highest BCUT2D eigenvalue weighted by Gasteiger charge is 2.47. The second kappa shape index (κ2) is 18.9. The first-order valence-electron chi connectivity index (χ1n) is 15.4. The number of rotatable bonds is 21. The van der Waals surface area contributed by atoms with Crippen LogP contribution < -0.4 is 35.9 Å². The number of fused-ring (bicyclic) bond motifs is 1. The summed E-state index contributed by atoms with van der Waals surface area (Å²) in [5.41, 5.74) is 4.03. The Bertz CT molecular complexity index is 1830. The molecule has 1 aliphatic rings. The summed E-state index contributed by atoms with van der Waals surface area (Å²) in [6.07, 6.45) is -7.92. The number of ketones is 1. The van der Waals surface area contributed by atoms with Crippen molar-refractivity contribution in [1.29, 1.82) is 0 Å². The molecule has 1 aliphatic heterocycles. The number of hydrogen-bond donors (Lipinski definition) is 5. The minimum atomic E-state index is -5.92. The molecule has 2 aromatic rings. The average Bonchev–Trinajstić information content (AvgIpc) is 3.60. The Hall–Kier alpha value is -2.77. The van der Waals surface area contributed by atoms with E-state index < -0.39 is 84.6 Å². The predicted molar refractivity (Wildman–Crippen MR) is 174 cm³/mol. The number of nitrogens with two attached hydrogens (primary N) is 1. The molecule has 3 rings (SSSR count). The van der Waals surface area contributed by atoms with Gasteiger partial charge in [0.15, 0.2) is 22.8 Å². The van der Waals surface area contributed by atoms with E-state index in [1.165, 1.54) is 20.8 Å². The van der Waals surface area contributed by atoms with E-state index in [0.29, 0.717) is 0 Å². The summed E-state index contributed by atoms with van der Waals surface area (Å²) < 4.78 is 60.3. The smallest absolute Gasteiger partial charge is 0.274 e. The van der Waals surface area contributed by atoms with Crippen LogP contribution in [0.15, 0.2) is 12.7 Å². The largest absolute Gasteiger partial charge is 0.790 e. The summed E-state index contributed by atoms with van der Waals surface area (Å²) in [5.74, 6) is -1.72. The summed E-state index contributed by atoms with van der Waals surface area (Å²) in [7, 11) is -17.6. The molecule has 304 valence electrons. The van der Waals surface area contributed by atoms with E-state index in [4.69, 9.17) is 10.5 Å². The van der Waals surface area contributed by atoms with E-state index in [0.717, 1.165) is 29.0 Å². The second-order valence-electron chi connectivity index (χ2n) is 12.1. The summed E-state index contributed by atoms with van der Waals surface area (Å²) in [6.45, 7) is 1.17. The van der Waals surface area contributed by atoms with Gasteiger partial charge in [-0.1, -0.05) is 25.6 Å². The first-order chi connectivity index (χ1) is 24.9. The van der Waals surface area contributed by atoms with Crippen LogP contribution in [0.25, 0.3) is 11.2 Å². The highest BCUT2D eigenvalue weighted by molar-refractivity contribution is 8.13. The molecule has 0 aromatic carbocycles. The standard InChI is InChI=1S/C25H40N7O18P3S/c1-13(33)8-16(35)54-7-6-27-15(34)4-5-28-23(38)20(37)25(2,3)10-47-53(44,45)50-52(42,43)46-9-14-19(49-51(39,40)41)18(36)24(48-14)32-12-31-17-21(26)29-11-30-22(17)32/h11-12,14,18-20,24,36-37H,4-10H2,1-3H3,(H,27,34)(H,28,38)(H,42,43)(H,44,45)(H2,26,29,30)(H2,39,40,41)/p-4/t14-,18?,19+,20-,24-/m1/s1. The van der Waals surface area contributed by atoms with Crippen molar-refractivity contribution < 1.29 is 85.3 Å². The van der Waals surface area contributed by atoms with Crippen molar-refractivity contribution in [3.05, 3.63) is 12.7 Å². The number of ether oxygens (including phenoxy) is 1. The molecule has 7 atom stereocenters. The number of phosphoric acid groups is 3. The molecule has 0 bridgehead atoms. The number of aliphatic hydroxyl groups is 2. The summed E-state index contributed by atoms with van der Waals surface area (Å²) in [6, 6.07) is 0. The first kappa shape index (κ1) is 45.6. The Morgan fingerprint density at radius 3 is 2.39 bits per heavy atom. The van der Waals surface area contributed by atoms with Crippen LogP contribution in [0.4, 0.5) is 5.82 Å². The average molecular weight is 848 g/mol. The lowest BCUT2D eigenvalue weighted by atomic mass is 9.87. The fourth-order valence-corrected chi connectivity index (χ4v) is 8.00. The van der Waals surface area contributed by atoms with Gasteiger partial charge in [0.05, 0.1) is 33.8 Å². The number of hydrogen-bond acceptors (Lipinski definition) is 23. The van der Waals surface area contributed by atoms with E-state index in [2.05, 4.69) is 43.5 Å². The Kier molecular flexibility index (Phi) is 16.0. The fourth-order valence-electron chi connectivity index (χ4n) is 4.53. The lowest BCUT2D eigenvalue weighted by Crippen LogP contribution is -2.46. The maximum atomic E-state index is 12.5. The number of aliphatic hydroxyl groups excluding tert-OH is 2. The van der Waals surface area contributed by atoms with E-state index in [9.17, 15) is 62.7 Å². The molecule has 54 heavy (non-hydrogen) atoms. The minimum Gasteiger partial charge on any atom is -0.790 e. The molecule has 3 unspecified atom stereocenters. The summed E-state index contributed by atoms with van der Waals surface area (Å²) >= 11 is 0.866. The van der Waals surface area contributed by atoms with Gasteiger partial charge in [-0.3, -0.25) is 32.9 Å². The number of nitrogen functional groups attached to an aromatic ring is 1. The van der Waals surface area contributed by atoms with Crippen molar-refractivity contribution in [2.75, 3.05) is 37.8 Å². The van der Waals surface area contributed by atoms with Crippen molar-refractivity contribution >= 4 is 74.9 Å². The van der Waals surface area contributed by atoms with E-state index in [-0.39, 0.29) is 59.6 Å². The molecule has 2 aromatic heterocycles. The van der Waals surface area contributed by atoms with E-state index in [1.807, 2.05) is 0 Å². The van der Waals surface area contributed by atoms with Gasteiger partial charge in [0, 0.05) is 30.7 Å². The van der Waals surface area contributed by atoms with Crippen molar-refractivity contribution in [3.63, 3.8) is 0 Å². The number of thioether (sulfide) groups is 1. The summed E-state index contributed by atoms with van der Waals surface area (Å²) in [4.78, 5) is 106. The quantitative estimate of drug-likeness (QED) is 0.0455. The normalized spacial score (nSPS) is 21.9. The van der Waals surface area contributed by atoms with Crippen LogP contribution >= 0.6 is 35.2 Å². The number of carbonyl (C=O) groups excluding carboxylic acids is 4. The van der Waals surface area contributed by atoms with E-state index in [1.54, 1.807) is 0 Å². The molecule has 25 nitrogen and oxygen atoms in total. The lowest BCUT2D eigenvalue weighted by Gasteiger charge is -2.36. The maximum Gasteiger partial charge on any atom is 0.274 e. The first-order valence-corrected chi connectivity index (χ1v) is 20.7. The van der Waals surface area contributed by atoms with Gasteiger partial charge in [-0.25, -0.2) is 19.3 Å². The van der Waals surface area contributed by atoms with Crippen LogP contribution in [-0.2, 0) is 55.5 Å². The number of phosphoric ester groups is 3. The van der Waals surface area contributed by atoms with Gasteiger partial charge >= 0.3 is 0 Å². The van der Waals surface area contributed by atoms with Gasteiger partial charge in [0.1, 0.15) is 42.0 Å². The highest BCUT2D eigenvalue weighted by Crippen LogP contribution is 2.56. The van der Waals surface area contributed by atoms with Crippen molar-refractivity contribution in [1.82, 2.24) is 30.2 Å². The Morgan fingerprint density at radius 1 is 1.07 bits per heavy atom. The van der Waals surface area contributed by atoms with Gasteiger partial charge in [-0.05, 0) is 6.92 Å². The number of imidazole rings is 1. The number of amides is 2. The number of nitrogens with one attached hydrogen (secondary N) is 2. The molecule has 1 fully saturated rings. The molecule has 0 spiro atoms. The highest BCUT2D eigenvalue weighted by atomic mass is 32.2. The Labute approximate surface area is 310 Å². The number of Topliss-reactive ketones (excluding diaryl/α,β-unsaturated/α-hetero) is 1. The fraction of sp³-hybridized carbons (Fsp3) is 0.640. The second-order valence-corrected chi connectivity index (χ2v) is 17.3. The molecular formula is C25H36N7O18P3S-4. The number of carbonyl (C=O) groups is 4. The molecule has 0 radical (unpaired) electrons. The zero-order valence-corrected chi connectivity index (χ0v) is 32.0. The molecular weight excluding hydrogens is 811 g/mol. The topological polar surface area (TPSA) is 392 Å². The van der Waals surface area contributed by atoms with Gasteiger partial charge in [0.25, 0.3) is 15.6 Å². The molecule has 0 aliphatic carbocycles. The SMILES string of the molecule is CC(=O)CC(=O)SCCNC(=O)CCNC(=O)[C@@H](O)C(C)(C)COP(=O)([O-])OP(=O)([O-])OC[C@H]1O[C@@H](n2cnc3c(N)ncnc32)C(O)[C@H]1OP(=O)([O-])[O-]. The number of aromatic nitrogens is 4. The molecule has 2 amide bonds. The van der Waals surface area contributed by atoms with Gasteiger partial charge < -0.3 is 69.0 Å². The van der Waals surface area contributed by atoms with Crippen LogP contribution in [-0.4, -0.2) is 109 Å². The van der Waals surface area contributed by atoms with Crippen molar-refractivity contribution in [2.24, 2.45) is 5.41 Å². The zero-order valence-electron chi connectivity index (χ0n) is 28.5. The van der Waals surface area contributed by atoms with Crippen molar-refractivity contribution in [3.8, 4) is 0 Å². The molecule has 1 saturated heterocycles. The molecule has 6 N–H and O–H groups in total. The third-order valence-electron chi connectivity index (χ3n) is 7.13. The third-order valence-corrected chi connectivity index (χ3v) is 11.0. The molecule has 29 heteroatoms. The minimum absolute atomic E-state index is 0.0279. The number of nitrogens with zero attached hydrogens (tertiary/aromatic N) is 4. The van der Waals surface area contributed by atoms with Crippen LogP contribution in [0.5, 0.6) is 0 Å². The zero-order chi connectivity index (χ0) is 40.6. The molecule has 3 heterocycles. The third kappa shape index (κ3) is 13.8.